The molecule has 1 aromatic carbocycles. The number of fused-ring (bicyclic) bond motifs is 1. The molecule has 2 aromatic heterocycles. The Balaban J connectivity index is 2.09. The van der Waals surface area contributed by atoms with Gasteiger partial charge in [-0.05, 0) is 38.1 Å². The van der Waals surface area contributed by atoms with Crippen molar-refractivity contribution in [3.63, 3.8) is 0 Å². The zero-order chi connectivity index (χ0) is 22.8. The minimum absolute atomic E-state index is 0.110. The highest BCUT2D eigenvalue weighted by Crippen LogP contribution is 2.27. The van der Waals surface area contributed by atoms with Gasteiger partial charge in [0.15, 0.2) is 0 Å². The first-order chi connectivity index (χ1) is 14.6. The Morgan fingerprint density at radius 2 is 1.84 bits per heavy atom. The number of aryl methyl sites for hydroxylation is 1. The standard InChI is InChI=1S/C24H32N2O4Si/c1-7-30-24(28)19-15-20(22-14-18-10-8-9-11-21(18)25(22)3)23(27)26(17(19)2)16-29-12-13-31(4,5)6/h8-11,14-15H,7,12-13,16H2,1-6H3. The van der Waals surface area contributed by atoms with Crippen LogP contribution in [0.25, 0.3) is 22.2 Å². The summed E-state index contributed by atoms with van der Waals surface area (Å²) in [5.41, 5.74) is 3.00. The van der Waals surface area contributed by atoms with E-state index in [9.17, 15) is 9.59 Å². The van der Waals surface area contributed by atoms with Crippen molar-refractivity contribution < 1.29 is 14.3 Å². The maximum atomic E-state index is 13.5. The number of hydrogen-bond acceptors (Lipinski definition) is 4. The Hall–Kier alpha value is -2.64. The molecule has 0 unspecified atom stereocenters. The Labute approximate surface area is 184 Å². The van der Waals surface area contributed by atoms with Crippen LogP contribution >= 0.6 is 0 Å². The molecule has 7 heteroatoms. The summed E-state index contributed by atoms with van der Waals surface area (Å²) in [6, 6.07) is 12.6. The van der Waals surface area contributed by atoms with Crippen LogP contribution in [-0.4, -0.2) is 36.4 Å². The lowest BCUT2D eigenvalue weighted by atomic mass is 10.1. The number of aromatic nitrogens is 2. The fraction of sp³-hybridized carbons (Fsp3) is 0.417. The average molecular weight is 441 g/mol. The first kappa shape index (κ1) is 23.0. The quantitative estimate of drug-likeness (QED) is 0.287. The van der Waals surface area contributed by atoms with E-state index < -0.39 is 14.0 Å². The van der Waals surface area contributed by atoms with Crippen LogP contribution in [0.2, 0.25) is 25.7 Å². The largest absolute Gasteiger partial charge is 0.462 e. The van der Waals surface area contributed by atoms with Crippen LogP contribution in [0, 0.1) is 6.92 Å². The van der Waals surface area contributed by atoms with E-state index >= 15 is 0 Å². The maximum Gasteiger partial charge on any atom is 0.339 e. The van der Waals surface area contributed by atoms with E-state index in [1.54, 1.807) is 24.5 Å². The van der Waals surface area contributed by atoms with Gasteiger partial charge in [-0.1, -0.05) is 37.8 Å². The van der Waals surface area contributed by atoms with E-state index in [0.717, 1.165) is 22.6 Å². The van der Waals surface area contributed by atoms with Gasteiger partial charge in [-0.15, -0.1) is 0 Å². The normalized spacial score (nSPS) is 11.8. The molecule has 0 aliphatic carbocycles. The molecule has 2 heterocycles. The highest BCUT2D eigenvalue weighted by Gasteiger charge is 2.21. The summed E-state index contributed by atoms with van der Waals surface area (Å²) < 4.78 is 14.7. The summed E-state index contributed by atoms with van der Waals surface area (Å²) in [4.78, 5) is 26.1. The predicted octanol–water partition coefficient (Wildman–Crippen LogP) is 4.80. The summed E-state index contributed by atoms with van der Waals surface area (Å²) in [6.45, 7) is 11.4. The van der Waals surface area contributed by atoms with E-state index in [4.69, 9.17) is 9.47 Å². The van der Waals surface area contributed by atoms with Crippen LogP contribution in [-0.2, 0) is 23.3 Å². The second-order valence-electron chi connectivity index (χ2n) is 9.01. The molecular formula is C24H32N2O4Si. The van der Waals surface area contributed by atoms with E-state index in [-0.39, 0.29) is 18.9 Å². The summed E-state index contributed by atoms with van der Waals surface area (Å²) >= 11 is 0. The molecule has 0 amide bonds. The van der Waals surface area contributed by atoms with Crippen molar-refractivity contribution in [1.82, 2.24) is 9.13 Å². The average Bonchev–Trinajstić information content (AvgIpc) is 3.03. The molecular weight excluding hydrogens is 408 g/mol. The third-order valence-electron chi connectivity index (χ3n) is 5.50. The fourth-order valence-corrected chi connectivity index (χ4v) is 4.35. The first-order valence-corrected chi connectivity index (χ1v) is 14.4. The van der Waals surface area contributed by atoms with E-state index in [2.05, 4.69) is 19.6 Å². The molecule has 0 aliphatic heterocycles. The van der Waals surface area contributed by atoms with E-state index in [0.29, 0.717) is 23.4 Å². The van der Waals surface area contributed by atoms with Gasteiger partial charge in [0.25, 0.3) is 5.56 Å². The van der Waals surface area contributed by atoms with Gasteiger partial charge in [0.1, 0.15) is 6.73 Å². The molecule has 0 atom stereocenters. The number of pyridine rings is 1. The van der Waals surface area contributed by atoms with Crippen molar-refractivity contribution in [3.8, 4) is 11.3 Å². The van der Waals surface area contributed by atoms with Crippen LogP contribution in [0.1, 0.15) is 23.0 Å². The topological polar surface area (TPSA) is 62.5 Å². The third-order valence-corrected chi connectivity index (χ3v) is 7.20. The number of nitrogens with zero attached hydrogens (tertiary/aromatic N) is 2. The van der Waals surface area contributed by atoms with Crippen LogP contribution in [0.4, 0.5) is 0 Å². The fourth-order valence-electron chi connectivity index (χ4n) is 3.59. The minimum Gasteiger partial charge on any atom is -0.462 e. The molecule has 0 radical (unpaired) electrons. The van der Waals surface area contributed by atoms with Gasteiger partial charge in [-0.25, -0.2) is 4.79 Å². The zero-order valence-electron chi connectivity index (χ0n) is 19.3. The highest BCUT2D eigenvalue weighted by molar-refractivity contribution is 6.76. The van der Waals surface area contributed by atoms with Crippen LogP contribution in [0.15, 0.2) is 41.2 Å². The van der Waals surface area contributed by atoms with Crippen LogP contribution in [0.3, 0.4) is 0 Å². The number of benzene rings is 1. The molecule has 0 fully saturated rings. The molecule has 0 N–H and O–H groups in total. The lowest BCUT2D eigenvalue weighted by molar-refractivity contribution is 0.0519. The number of para-hydroxylation sites is 1. The molecule has 0 bridgehead atoms. The molecule has 31 heavy (non-hydrogen) atoms. The van der Waals surface area contributed by atoms with Gasteiger partial charge in [0.2, 0.25) is 0 Å². The number of rotatable bonds is 8. The highest BCUT2D eigenvalue weighted by atomic mass is 28.3. The summed E-state index contributed by atoms with van der Waals surface area (Å²) in [6.07, 6.45) is 0. The number of carbonyl (C=O) groups is 1. The van der Waals surface area contributed by atoms with Crippen molar-refractivity contribution in [2.45, 2.75) is 46.3 Å². The van der Waals surface area contributed by atoms with Gasteiger partial charge in [-0.2, -0.15) is 0 Å². The number of esters is 1. The lowest BCUT2D eigenvalue weighted by Gasteiger charge is -2.18. The summed E-state index contributed by atoms with van der Waals surface area (Å²) in [5, 5.41) is 1.04. The van der Waals surface area contributed by atoms with E-state index in [1.165, 1.54) is 0 Å². The van der Waals surface area contributed by atoms with Gasteiger partial charge in [-0.3, -0.25) is 9.36 Å². The minimum atomic E-state index is -1.24. The van der Waals surface area contributed by atoms with Crippen LogP contribution < -0.4 is 5.56 Å². The summed E-state index contributed by atoms with van der Waals surface area (Å²) in [7, 11) is 0.684. The third kappa shape index (κ3) is 4.99. The van der Waals surface area contributed by atoms with Crippen molar-refractivity contribution in [1.29, 1.82) is 0 Å². The summed E-state index contributed by atoms with van der Waals surface area (Å²) in [5.74, 6) is -0.434. The molecule has 0 saturated heterocycles. The zero-order valence-corrected chi connectivity index (χ0v) is 20.3. The van der Waals surface area contributed by atoms with Gasteiger partial charge in [0.05, 0.1) is 23.4 Å². The molecule has 0 spiro atoms. The lowest BCUT2D eigenvalue weighted by Crippen LogP contribution is -2.29. The molecule has 0 saturated carbocycles. The van der Waals surface area contributed by atoms with Gasteiger partial charge >= 0.3 is 5.97 Å². The SMILES string of the molecule is CCOC(=O)c1cc(-c2cc3ccccc3n2C)c(=O)n(COCC[Si](C)(C)C)c1C. The predicted molar refractivity (Wildman–Crippen MR) is 127 cm³/mol. The number of carbonyl (C=O) groups excluding carboxylic acids is 1. The molecule has 6 nitrogen and oxygen atoms in total. The Bertz CT molecular complexity index is 1150. The Morgan fingerprint density at radius 1 is 1.13 bits per heavy atom. The van der Waals surface area contributed by atoms with Crippen LogP contribution in [0.5, 0.6) is 0 Å². The Kier molecular flexibility index (Phi) is 6.86. The monoisotopic (exact) mass is 440 g/mol. The molecule has 3 rings (SSSR count). The molecule has 3 aromatic rings. The number of ether oxygens (including phenoxy) is 2. The van der Waals surface area contributed by atoms with Gasteiger partial charge in [0, 0.05) is 38.3 Å². The molecule has 0 aliphatic rings. The maximum absolute atomic E-state index is 13.5. The Morgan fingerprint density at radius 3 is 2.48 bits per heavy atom. The van der Waals surface area contributed by atoms with Gasteiger partial charge < -0.3 is 14.0 Å². The van der Waals surface area contributed by atoms with Crippen molar-refractivity contribution in [3.05, 3.63) is 58.0 Å². The van der Waals surface area contributed by atoms with Crippen molar-refractivity contribution in [2.75, 3.05) is 13.2 Å². The van der Waals surface area contributed by atoms with Crippen molar-refractivity contribution in [2.24, 2.45) is 7.05 Å². The first-order valence-electron chi connectivity index (χ1n) is 10.7. The van der Waals surface area contributed by atoms with Crippen molar-refractivity contribution >= 4 is 24.9 Å². The molecule has 166 valence electrons. The number of hydrogen-bond donors (Lipinski definition) is 0. The smallest absolute Gasteiger partial charge is 0.339 e. The second-order valence-corrected chi connectivity index (χ2v) is 14.6. The van der Waals surface area contributed by atoms with E-state index in [1.807, 2.05) is 41.9 Å². The second kappa shape index (κ2) is 9.24.